The van der Waals surface area contributed by atoms with Crippen molar-refractivity contribution in [1.29, 1.82) is 0 Å². The fourth-order valence-corrected chi connectivity index (χ4v) is 1.66. The number of aliphatic hydroxyl groups is 1. The molecule has 0 spiro atoms. The first-order valence-corrected chi connectivity index (χ1v) is 6.04. The summed E-state index contributed by atoms with van der Waals surface area (Å²) in [4.78, 5) is 3.94. The molecule has 16 heavy (non-hydrogen) atoms. The molecule has 0 amide bonds. The van der Waals surface area contributed by atoms with Gasteiger partial charge in [-0.3, -0.25) is 0 Å². The van der Waals surface area contributed by atoms with Crippen LogP contribution in [0.1, 0.15) is 38.3 Å². The van der Waals surface area contributed by atoms with Gasteiger partial charge in [-0.25, -0.2) is 4.98 Å². The van der Waals surface area contributed by atoms with Gasteiger partial charge in [-0.05, 0) is 44.0 Å². The Labute approximate surface area is 102 Å². The van der Waals surface area contributed by atoms with Gasteiger partial charge in [0, 0.05) is 12.2 Å². The Morgan fingerprint density at radius 1 is 1.56 bits per heavy atom. The van der Waals surface area contributed by atoms with Gasteiger partial charge in [-0.2, -0.15) is 0 Å². The molecule has 0 aliphatic heterocycles. The molecule has 0 aliphatic carbocycles. The Morgan fingerprint density at radius 2 is 2.31 bits per heavy atom. The van der Waals surface area contributed by atoms with E-state index in [4.69, 9.17) is 11.6 Å². The van der Waals surface area contributed by atoms with Gasteiger partial charge in [0.15, 0.2) is 0 Å². The van der Waals surface area contributed by atoms with Gasteiger partial charge >= 0.3 is 0 Å². The molecule has 1 aromatic rings. The Bertz CT molecular complexity index is 320. The summed E-state index contributed by atoms with van der Waals surface area (Å²) in [6, 6.07) is 4.03. The van der Waals surface area contributed by atoms with Crippen molar-refractivity contribution in [2.75, 3.05) is 6.54 Å². The highest BCUT2D eigenvalue weighted by Gasteiger charge is 2.06. The van der Waals surface area contributed by atoms with E-state index in [1.807, 2.05) is 19.1 Å². The summed E-state index contributed by atoms with van der Waals surface area (Å²) < 4.78 is 0. The van der Waals surface area contributed by atoms with Crippen LogP contribution in [0.15, 0.2) is 18.3 Å². The maximum atomic E-state index is 9.41. The zero-order chi connectivity index (χ0) is 12.0. The van der Waals surface area contributed by atoms with Crippen molar-refractivity contribution in [3.8, 4) is 0 Å². The van der Waals surface area contributed by atoms with Crippen molar-refractivity contribution in [3.05, 3.63) is 29.0 Å². The molecule has 0 saturated heterocycles. The molecule has 90 valence electrons. The van der Waals surface area contributed by atoms with E-state index in [0.717, 1.165) is 24.9 Å². The fourth-order valence-electron chi connectivity index (χ4n) is 1.48. The minimum atomic E-state index is -0.208. The lowest BCUT2D eigenvalue weighted by atomic mass is 10.1. The Kier molecular flexibility index (Phi) is 5.74. The predicted octanol–water partition coefficient (Wildman–Crippen LogP) is 2.55. The largest absolute Gasteiger partial charge is 0.393 e. The van der Waals surface area contributed by atoms with Crippen LogP contribution in [0.4, 0.5) is 0 Å². The average molecular weight is 243 g/mol. The maximum Gasteiger partial charge on any atom is 0.129 e. The minimum Gasteiger partial charge on any atom is -0.393 e. The summed E-state index contributed by atoms with van der Waals surface area (Å²) in [5, 5.41) is 13.3. The van der Waals surface area contributed by atoms with Crippen molar-refractivity contribution in [2.24, 2.45) is 0 Å². The van der Waals surface area contributed by atoms with Gasteiger partial charge < -0.3 is 10.4 Å². The van der Waals surface area contributed by atoms with Crippen LogP contribution in [-0.2, 0) is 0 Å². The first-order valence-electron chi connectivity index (χ1n) is 5.66. The molecule has 0 aliphatic rings. The lowest BCUT2D eigenvalue weighted by Crippen LogP contribution is -2.23. The molecule has 2 unspecified atom stereocenters. The van der Waals surface area contributed by atoms with E-state index >= 15 is 0 Å². The van der Waals surface area contributed by atoms with Crippen LogP contribution >= 0.6 is 11.6 Å². The molecule has 1 heterocycles. The van der Waals surface area contributed by atoms with Gasteiger partial charge in [-0.1, -0.05) is 18.5 Å². The van der Waals surface area contributed by atoms with E-state index in [-0.39, 0.29) is 12.1 Å². The lowest BCUT2D eigenvalue weighted by Gasteiger charge is -2.15. The van der Waals surface area contributed by atoms with E-state index < -0.39 is 0 Å². The number of halogens is 1. The topological polar surface area (TPSA) is 45.1 Å². The van der Waals surface area contributed by atoms with E-state index in [1.165, 1.54) is 0 Å². The number of aromatic nitrogens is 1. The molecule has 3 nitrogen and oxygen atoms in total. The fraction of sp³-hybridized carbons (Fsp3) is 0.583. The molecule has 0 radical (unpaired) electrons. The summed E-state index contributed by atoms with van der Waals surface area (Å²) in [6.07, 6.45) is 3.08. The van der Waals surface area contributed by atoms with Crippen LogP contribution < -0.4 is 5.32 Å². The normalized spacial score (nSPS) is 14.8. The zero-order valence-corrected chi connectivity index (χ0v) is 10.5. The van der Waals surface area contributed by atoms with Crippen molar-refractivity contribution < 1.29 is 5.11 Å². The van der Waals surface area contributed by atoms with Crippen molar-refractivity contribution in [3.63, 3.8) is 0 Å². The Balaban J connectivity index is 2.38. The van der Waals surface area contributed by atoms with Gasteiger partial charge in [-0.15, -0.1) is 0 Å². The predicted molar refractivity (Wildman–Crippen MR) is 66.6 cm³/mol. The molecule has 0 fully saturated rings. The number of rotatable bonds is 6. The quantitative estimate of drug-likeness (QED) is 0.754. The highest BCUT2D eigenvalue weighted by Crippen LogP contribution is 2.15. The molecular weight excluding hydrogens is 224 g/mol. The van der Waals surface area contributed by atoms with E-state index in [2.05, 4.69) is 17.2 Å². The average Bonchev–Trinajstić information content (AvgIpc) is 2.28. The second kappa shape index (κ2) is 6.84. The van der Waals surface area contributed by atoms with Crippen LogP contribution in [0.3, 0.4) is 0 Å². The van der Waals surface area contributed by atoms with Crippen molar-refractivity contribution in [1.82, 2.24) is 10.3 Å². The highest BCUT2D eigenvalue weighted by molar-refractivity contribution is 6.29. The van der Waals surface area contributed by atoms with Crippen LogP contribution in [0.2, 0.25) is 5.15 Å². The molecular formula is C12H19ClN2O. The van der Waals surface area contributed by atoms with Crippen LogP contribution in [0.5, 0.6) is 0 Å². The third-order valence-electron chi connectivity index (χ3n) is 2.65. The molecule has 0 saturated carbocycles. The second-order valence-electron chi connectivity index (χ2n) is 3.94. The lowest BCUT2D eigenvalue weighted by molar-refractivity contribution is 0.159. The molecule has 0 bridgehead atoms. The van der Waals surface area contributed by atoms with Gasteiger partial charge in [0.25, 0.3) is 0 Å². The Morgan fingerprint density at radius 3 is 2.94 bits per heavy atom. The van der Waals surface area contributed by atoms with E-state index in [0.29, 0.717) is 5.15 Å². The van der Waals surface area contributed by atoms with Crippen LogP contribution in [-0.4, -0.2) is 22.7 Å². The van der Waals surface area contributed by atoms with E-state index in [1.54, 1.807) is 6.20 Å². The van der Waals surface area contributed by atoms with Gasteiger partial charge in [0.1, 0.15) is 5.15 Å². The third kappa shape index (κ3) is 4.47. The van der Waals surface area contributed by atoms with Crippen LogP contribution in [0.25, 0.3) is 0 Å². The maximum absolute atomic E-state index is 9.41. The molecule has 1 rings (SSSR count). The molecule has 2 atom stereocenters. The molecule has 0 aromatic carbocycles. The molecule has 4 heteroatoms. The SMILES string of the molecule is CCC(O)CCNC(C)c1ccnc(Cl)c1. The van der Waals surface area contributed by atoms with Crippen molar-refractivity contribution >= 4 is 11.6 Å². The standard InChI is InChI=1S/C12H19ClN2O/c1-3-11(16)5-7-14-9(2)10-4-6-15-12(13)8-10/h4,6,8-9,11,14,16H,3,5,7H2,1-2H3. The first-order chi connectivity index (χ1) is 7.63. The monoisotopic (exact) mass is 242 g/mol. The smallest absolute Gasteiger partial charge is 0.129 e. The Hall–Kier alpha value is -0.640. The highest BCUT2D eigenvalue weighted by atomic mass is 35.5. The van der Waals surface area contributed by atoms with Crippen LogP contribution in [0, 0.1) is 0 Å². The summed E-state index contributed by atoms with van der Waals surface area (Å²) in [5.41, 5.74) is 1.12. The van der Waals surface area contributed by atoms with E-state index in [9.17, 15) is 5.11 Å². The third-order valence-corrected chi connectivity index (χ3v) is 2.86. The first kappa shape index (κ1) is 13.4. The number of hydrogen-bond donors (Lipinski definition) is 2. The number of nitrogens with zero attached hydrogens (tertiary/aromatic N) is 1. The second-order valence-corrected chi connectivity index (χ2v) is 4.33. The summed E-state index contributed by atoms with van der Waals surface area (Å²) in [7, 11) is 0. The summed E-state index contributed by atoms with van der Waals surface area (Å²) >= 11 is 5.82. The number of hydrogen-bond acceptors (Lipinski definition) is 3. The minimum absolute atomic E-state index is 0.208. The summed E-state index contributed by atoms with van der Waals surface area (Å²) in [5.74, 6) is 0. The van der Waals surface area contributed by atoms with Gasteiger partial charge in [0.05, 0.1) is 6.10 Å². The number of aliphatic hydroxyl groups excluding tert-OH is 1. The summed E-state index contributed by atoms with van der Waals surface area (Å²) in [6.45, 7) is 4.86. The molecule has 2 N–H and O–H groups in total. The van der Waals surface area contributed by atoms with Crippen molar-refractivity contribution in [2.45, 2.75) is 38.8 Å². The van der Waals surface area contributed by atoms with Gasteiger partial charge in [0.2, 0.25) is 0 Å². The number of pyridine rings is 1. The molecule has 1 aromatic heterocycles. The number of nitrogens with one attached hydrogen (secondary N) is 1. The zero-order valence-electron chi connectivity index (χ0n) is 9.78.